The maximum absolute atomic E-state index is 12.3. The lowest BCUT2D eigenvalue weighted by atomic mass is 10.1. The van der Waals surface area contributed by atoms with E-state index in [0.29, 0.717) is 15.6 Å². The highest BCUT2D eigenvalue weighted by molar-refractivity contribution is 7.21. The van der Waals surface area contributed by atoms with E-state index in [4.69, 9.17) is 17.3 Å². The van der Waals surface area contributed by atoms with Crippen LogP contribution in [0.25, 0.3) is 10.1 Å². The Morgan fingerprint density at radius 1 is 1.50 bits per heavy atom. The Labute approximate surface area is 126 Å². The van der Waals surface area contributed by atoms with Crippen molar-refractivity contribution in [3.8, 4) is 0 Å². The van der Waals surface area contributed by atoms with Gasteiger partial charge in [-0.1, -0.05) is 25.4 Å². The number of carbonyl (C=O) groups excluding carboxylic acids is 1. The summed E-state index contributed by atoms with van der Waals surface area (Å²) in [6.07, 6.45) is 0. The van der Waals surface area contributed by atoms with Gasteiger partial charge in [-0.2, -0.15) is 0 Å². The molecule has 0 aliphatic carbocycles. The summed E-state index contributed by atoms with van der Waals surface area (Å²) in [5.41, 5.74) is 6.47. The number of nitrogens with two attached hydrogens (primary N) is 1. The number of aliphatic hydroxyl groups excluding tert-OH is 1. The molecule has 4 N–H and O–H groups in total. The zero-order chi connectivity index (χ0) is 14.9. The second kappa shape index (κ2) is 5.99. The number of nitrogen functional groups attached to an aromatic ring is 1. The van der Waals surface area contributed by atoms with E-state index < -0.39 is 0 Å². The molecular formula is C14H17ClN2O2S. The van der Waals surface area contributed by atoms with Crippen LogP contribution in [0, 0.1) is 5.92 Å². The minimum Gasteiger partial charge on any atom is -0.397 e. The largest absolute Gasteiger partial charge is 0.397 e. The van der Waals surface area contributed by atoms with Crippen LogP contribution in [0.4, 0.5) is 5.69 Å². The number of nitrogens with one attached hydrogen (secondary N) is 1. The first-order chi connectivity index (χ1) is 9.43. The Hall–Kier alpha value is -1.30. The average molecular weight is 313 g/mol. The van der Waals surface area contributed by atoms with Crippen molar-refractivity contribution >= 4 is 44.6 Å². The van der Waals surface area contributed by atoms with Crippen LogP contribution in [0.2, 0.25) is 5.02 Å². The molecule has 0 radical (unpaired) electrons. The van der Waals surface area contributed by atoms with E-state index in [0.717, 1.165) is 10.1 Å². The molecule has 1 amide bonds. The van der Waals surface area contributed by atoms with Crippen LogP contribution in [0.15, 0.2) is 18.2 Å². The Morgan fingerprint density at radius 3 is 2.80 bits per heavy atom. The zero-order valence-corrected chi connectivity index (χ0v) is 12.9. The number of anilines is 1. The van der Waals surface area contributed by atoms with Crippen LogP contribution in [0.5, 0.6) is 0 Å². The molecule has 1 aromatic carbocycles. The molecule has 0 saturated heterocycles. The highest BCUT2D eigenvalue weighted by Crippen LogP contribution is 2.35. The predicted octanol–water partition coefficient (Wildman–Crippen LogP) is 2.88. The van der Waals surface area contributed by atoms with Gasteiger partial charge < -0.3 is 16.2 Å². The smallest absolute Gasteiger partial charge is 0.263 e. The molecular weight excluding hydrogens is 296 g/mol. The summed E-state index contributed by atoms with van der Waals surface area (Å²) in [7, 11) is 0. The van der Waals surface area contributed by atoms with Gasteiger partial charge in [0.15, 0.2) is 0 Å². The van der Waals surface area contributed by atoms with Gasteiger partial charge in [0.05, 0.1) is 18.3 Å². The first-order valence-electron chi connectivity index (χ1n) is 6.33. The molecule has 0 fully saturated rings. The van der Waals surface area contributed by atoms with Crippen LogP contribution in [0.3, 0.4) is 0 Å². The number of carbonyl (C=O) groups is 1. The van der Waals surface area contributed by atoms with Crippen molar-refractivity contribution in [1.82, 2.24) is 5.32 Å². The highest BCUT2D eigenvalue weighted by Gasteiger charge is 2.21. The molecule has 0 unspecified atom stereocenters. The molecule has 20 heavy (non-hydrogen) atoms. The number of halogens is 1. The summed E-state index contributed by atoms with van der Waals surface area (Å²) in [4.78, 5) is 12.7. The normalized spacial score (nSPS) is 12.8. The minimum absolute atomic E-state index is 0.0972. The Morgan fingerprint density at radius 2 is 2.20 bits per heavy atom. The molecule has 6 heteroatoms. The van der Waals surface area contributed by atoms with Crippen LogP contribution in [0.1, 0.15) is 23.5 Å². The number of aliphatic hydroxyl groups is 1. The second-order valence-electron chi connectivity index (χ2n) is 4.99. The number of hydrogen-bond acceptors (Lipinski definition) is 4. The van der Waals surface area contributed by atoms with Gasteiger partial charge >= 0.3 is 0 Å². The molecule has 2 rings (SSSR count). The molecule has 108 valence electrons. The van der Waals surface area contributed by atoms with Crippen molar-refractivity contribution in [2.24, 2.45) is 5.92 Å². The topological polar surface area (TPSA) is 75.3 Å². The van der Waals surface area contributed by atoms with E-state index in [1.807, 2.05) is 19.9 Å². The number of rotatable bonds is 4. The molecule has 1 heterocycles. The Bertz CT molecular complexity index is 639. The molecule has 0 aliphatic rings. The first kappa shape index (κ1) is 15.1. The van der Waals surface area contributed by atoms with E-state index in [1.165, 1.54) is 11.3 Å². The summed E-state index contributed by atoms with van der Waals surface area (Å²) in [5.74, 6) is -0.110. The van der Waals surface area contributed by atoms with E-state index >= 15 is 0 Å². The number of fused-ring (bicyclic) bond motifs is 1. The lowest BCUT2D eigenvalue weighted by molar-refractivity contribution is 0.0902. The molecule has 0 spiro atoms. The maximum atomic E-state index is 12.3. The van der Waals surface area contributed by atoms with Gasteiger partial charge in [0.25, 0.3) is 5.91 Å². The van der Waals surface area contributed by atoms with Crippen molar-refractivity contribution in [2.75, 3.05) is 12.3 Å². The van der Waals surface area contributed by atoms with Crippen LogP contribution < -0.4 is 11.1 Å². The molecule has 0 saturated carbocycles. The van der Waals surface area contributed by atoms with E-state index in [1.54, 1.807) is 12.1 Å². The van der Waals surface area contributed by atoms with Gasteiger partial charge in [-0.25, -0.2) is 0 Å². The van der Waals surface area contributed by atoms with Crippen molar-refractivity contribution in [2.45, 2.75) is 19.9 Å². The summed E-state index contributed by atoms with van der Waals surface area (Å²) in [6, 6.07) is 5.09. The van der Waals surface area contributed by atoms with Crippen LogP contribution in [-0.2, 0) is 0 Å². The Balaban J connectivity index is 2.33. The molecule has 1 atom stereocenters. The quantitative estimate of drug-likeness (QED) is 0.812. The zero-order valence-electron chi connectivity index (χ0n) is 11.3. The molecule has 0 aliphatic heterocycles. The molecule has 1 aromatic heterocycles. The number of benzene rings is 1. The molecule has 4 nitrogen and oxygen atoms in total. The summed E-state index contributed by atoms with van der Waals surface area (Å²) < 4.78 is 0.919. The Kier molecular flexibility index (Phi) is 4.52. The summed E-state index contributed by atoms with van der Waals surface area (Å²) >= 11 is 7.27. The van der Waals surface area contributed by atoms with Crippen molar-refractivity contribution < 1.29 is 9.90 Å². The number of hydrogen-bond donors (Lipinski definition) is 3. The van der Waals surface area contributed by atoms with Gasteiger partial charge in [-0.05, 0) is 24.1 Å². The van der Waals surface area contributed by atoms with Gasteiger partial charge in [0, 0.05) is 15.1 Å². The maximum Gasteiger partial charge on any atom is 0.263 e. The third-order valence-corrected chi connectivity index (χ3v) is 4.63. The van der Waals surface area contributed by atoms with Gasteiger partial charge in [0.2, 0.25) is 0 Å². The van der Waals surface area contributed by atoms with Gasteiger partial charge in [-0.3, -0.25) is 4.79 Å². The van der Waals surface area contributed by atoms with Gasteiger partial charge in [0.1, 0.15) is 4.88 Å². The monoisotopic (exact) mass is 312 g/mol. The van der Waals surface area contributed by atoms with Crippen LogP contribution >= 0.6 is 22.9 Å². The van der Waals surface area contributed by atoms with Crippen molar-refractivity contribution in [3.63, 3.8) is 0 Å². The van der Waals surface area contributed by atoms with Gasteiger partial charge in [-0.15, -0.1) is 11.3 Å². The SMILES string of the molecule is CC(C)[C@@H](CO)NC(=O)c1sc2ccc(Cl)cc2c1N. The number of thiophene rings is 1. The van der Waals surface area contributed by atoms with E-state index in [9.17, 15) is 9.90 Å². The van der Waals surface area contributed by atoms with Crippen molar-refractivity contribution in [3.05, 3.63) is 28.1 Å². The summed E-state index contributed by atoms with van der Waals surface area (Å²) in [6.45, 7) is 3.78. The minimum atomic E-state index is -0.282. The number of amides is 1. The molecule has 2 aromatic rings. The molecule has 0 bridgehead atoms. The summed E-state index contributed by atoms with van der Waals surface area (Å²) in [5, 5.41) is 13.5. The van der Waals surface area contributed by atoms with E-state index in [-0.39, 0.29) is 24.5 Å². The fraction of sp³-hybridized carbons (Fsp3) is 0.357. The lowest BCUT2D eigenvalue weighted by Crippen LogP contribution is -2.41. The fourth-order valence-electron chi connectivity index (χ4n) is 1.91. The fourth-order valence-corrected chi connectivity index (χ4v) is 3.09. The van der Waals surface area contributed by atoms with Crippen molar-refractivity contribution in [1.29, 1.82) is 0 Å². The standard InChI is InChI=1S/C14H17ClN2O2S/c1-7(2)10(6-18)17-14(19)13-12(16)9-5-8(15)3-4-11(9)20-13/h3-5,7,10,18H,6,16H2,1-2H3,(H,17,19)/t10-/m1/s1. The third-order valence-electron chi connectivity index (χ3n) is 3.21. The third kappa shape index (κ3) is 2.90. The first-order valence-corrected chi connectivity index (χ1v) is 7.52. The van der Waals surface area contributed by atoms with E-state index in [2.05, 4.69) is 5.32 Å². The average Bonchev–Trinajstić information content (AvgIpc) is 2.73. The lowest BCUT2D eigenvalue weighted by Gasteiger charge is -2.19. The predicted molar refractivity (Wildman–Crippen MR) is 84.4 cm³/mol. The van der Waals surface area contributed by atoms with Crippen LogP contribution in [-0.4, -0.2) is 23.7 Å². The highest BCUT2D eigenvalue weighted by atomic mass is 35.5. The second-order valence-corrected chi connectivity index (χ2v) is 6.48.